The molecule has 0 bridgehead atoms. The number of likely N-dealkylation sites (N-methyl/N-ethyl adjacent to an activating group) is 1. The van der Waals surface area contributed by atoms with Gasteiger partial charge in [-0.05, 0) is 19.4 Å². The van der Waals surface area contributed by atoms with Crippen LogP contribution in [0.5, 0.6) is 0 Å². The Hall–Kier alpha value is -1.36. The summed E-state index contributed by atoms with van der Waals surface area (Å²) in [4.78, 5) is 23.1. The van der Waals surface area contributed by atoms with Crippen LogP contribution in [-0.2, 0) is 14.3 Å². The Morgan fingerprint density at radius 1 is 1.67 bits per heavy atom. The third-order valence-electron chi connectivity index (χ3n) is 1.94. The number of nitrogens with zero attached hydrogens (tertiary/aromatic N) is 1. The Kier molecular flexibility index (Phi) is 5.62. The zero-order chi connectivity index (χ0) is 12.0. The molecule has 0 heterocycles. The molecule has 0 saturated carbocycles. The summed E-state index contributed by atoms with van der Waals surface area (Å²) in [5.74, 6) is -0.636. The number of esters is 1. The number of carbonyl (C=O) groups excluding carboxylic acids is 2. The molecule has 0 spiro atoms. The fraction of sp³-hybridized carbons (Fsp3) is 0.600. The maximum absolute atomic E-state index is 11.5. The quantitative estimate of drug-likeness (QED) is 0.383. The van der Waals surface area contributed by atoms with Crippen LogP contribution in [0, 0.1) is 0 Å². The summed E-state index contributed by atoms with van der Waals surface area (Å²) < 4.78 is 4.76. The molecule has 0 aromatic carbocycles. The molecule has 0 rings (SSSR count). The first-order chi connectivity index (χ1) is 6.95. The number of aliphatic hydroxyl groups excluding tert-OH is 1. The van der Waals surface area contributed by atoms with Gasteiger partial charge in [0.15, 0.2) is 6.04 Å². The largest absolute Gasteiger partial charge is 0.464 e. The summed E-state index contributed by atoms with van der Waals surface area (Å²) in [5.41, 5.74) is 0.404. The minimum absolute atomic E-state index is 0.199. The van der Waals surface area contributed by atoms with Gasteiger partial charge in [-0.2, -0.15) is 0 Å². The molecule has 1 N–H and O–H groups in total. The van der Waals surface area contributed by atoms with Gasteiger partial charge in [-0.1, -0.05) is 6.58 Å². The monoisotopic (exact) mass is 215 g/mol. The van der Waals surface area contributed by atoms with Crippen molar-refractivity contribution < 1.29 is 19.4 Å². The number of carbonyl (C=O) groups is 2. The zero-order valence-electron chi connectivity index (χ0n) is 9.27. The zero-order valence-corrected chi connectivity index (χ0v) is 9.27. The van der Waals surface area contributed by atoms with E-state index in [1.54, 1.807) is 13.8 Å². The molecule has 0 fully saturated rings. The minimum atomic E-state index is -1.11. The van der Waals surface area contributed by atoms with Crippen molar-refractivity contribution in [1.82, 2.24) is 4.90 Å². The Morgan fingerprint density at radius 3 is 2.53 bits per heavy atom. The van der Waals surface area contributed by atoms with E-state index < -0.39 is 18.1 Å². The van der Waals surface area contributed by atoms with E-state index in [0.29, 0.717) is 12.0 Å². The molecule has 0 aliphatic carbocycles. The van der Waals surface area contributed by atoms with E-state index in [1.165, 1.54) is 7.05 Å². The van der Waals surface area contributed by atoms with Gasteiger partial charge in [-0.25, -0.2) is 4.79 Å². The minimum Gasteiger partial charge on any atom is -0.464 e. The molecule has 2 unspecified atom stereocenters. The van der Waals surface area contributed by atoms with Gasteiger partial charge in [0, 0.05) is 7.05 Å². The standard InChI is InChI=1S/C10H17NO4/c1-5-15-10(14)8(11(4)6-12)9(13)7(2)3/h6,8-9,13H,2,5H2,1,3-4H3. The molecule has 1 amide bonds. The van der Waals surface area contributed by atoms with Gasteiger partial charge < -0.3 is 14.7 Å². The van der Waals surface area contributed by atoms with Crippen LogP contribution in [-0.4, -0.2) is 48.2 Å². The molecule has 0 aromatic rings. The van der Waals surface area contributed by atoms with Gasteiger partial charge in [-0.3, -0.25) is 4.79 Å². The lowest BCUT2D eigenvalue weighted by molar-refractivity contribution is -0.154. The number of amides is 1. The lowest BCUT2D eigenvalue weighted by Crippen LogP contribution is -2.47. The predicted molar refractivity (Wildman–Crippen MR) is 55.1 cm³/mol. The van der Waals surface area contributed by atoms with Crippen LogP contribution in [0.25, 0.3) is 0 Å². The van der Waals surface area contributed by atoms with Crippen molar-refractivity contribution >= 4 is 12.4 Å². The maximum atomic E-state index is 11.5. The second kappa shape index (κ2) is 6.19. The van der Waals surface area contributed by atoms with Gasteiger partial charge in [0.05, 0.1) is 6.61 Å². The SMILES string of the molecule is C=C(C)C(O)C(C(=O)OCC)N(C)C=O. The first-order valence-electron chi connectivity index (χ1n) is 4.63. The highest BCUT2D eigenvalue weighted by atomic mass is 16.5. The third-order valence-corrected chi connectivity index (χ3v) is 1.94. The van der Waals surface area contributed by atoms with Crippen LogP contribution < -0.4 is 0 Å². The first-order valence-corrected chi connectivity index (χ1v) is 4.63. The van der Waals surface area contributed by atoms with Gasteiger partial charge in [0.2, 0.25) is 6.41 Å². The molecular weight excluding hydrogens is 198 g/mol. The summed E-state index contributed by atoms with van der Waals surface area (Å²) >= 11 is 0. The molecule has 2 atom stereocenters. The van der Waals surface area contributed by atoms with E-state index in [0.717, 1.165) is 4.90 Å². The second-order valence-electron chi connectivity index (χ2n) is 3.26. The molecule has 5 heteroatoms. The van der Waals surface area contributed by atoms with Crippen LogP contribution in [0.4, 0.5) is 0 Å². The molecular formula is C10H17NO4. The van der Waals surface area contributed by atoms with E-state index in [9.17, 15) is 14.7 Å². The third kappa shape index (κ3) is 3.71. The van der Waals surface area contributed by atoms with Gasteiger partial charge in [-0.15, -0.1) is 0 Å². The summed E-state index contributed by atoms with van der Waals surface area (Å²) in [5, 5.41) is 9.68. The average Bonchev–Trinajstić information content (AvgIpc) is 2.17. The lowest BCUT2D eigenvalue weighted by atomic mass is 10.0. The lowest BCUT2D eigenvalue weighted by Gasteiger charge is -2.27. The maximum Gasteiger partial charge on any atom is 0.331 e. The average molecular weight is 215 g/mol. The number of hydrogen-bond donors (Lipinski definition) is 1. The fourth-order valence-corrected chi connectivity index (χ4v) is 1.08. The first kappa shape index (κ1) is 13.6. The van der Waals surface area contributed by atoms with Crippen LogP contribution in [0.15, 0.2) is 12.2 Å². The Morgan fingerprint density at radius 2 is 2.20 bits per heavy atom. The molecule has 0 radical (unpaired) electrons. The van der Waals surface area contributed by atoms with Crippen LogP contribution in [0.3, 0.4) is 0 Å². The Balaban J connectivity index is 4.79. The summed E-state index contributed by atoms with van der Waals surface area (Å²) in [6, 6.07) is -1.03. The van der Waals surface area contributed by atoms with Crippen molar-refractivity contribution in [3.8, 4) is 0 Å². The van der Waals surface area contributed by atoms with E-state index >= 15 is 0 Å². The molecule has 5 nitrogen and oxygen atoms in total. The highest BCUT2D eigenvalue weighted by Gasteiger charge is 2.31. The molecule has 0 aliphatic heterocycles. The molecule has 0 saturated heterocycles. The van der Waals surface area contributed by atoms with Gasteiger partial charge in [0.1, 0.15) is 6.10 Å². The normalized spacial score (nSPS) is 13.9. The molecule has 15 heavy (non-hydrogen) atoms. The van der Waals surface area contributed by atoms with Crippen molar-refractivity contribution in [2.45, 2.75) is 26.0 Å². The molecule has 0 aliphatic rings. The summed E-state index contributed by atoms with van der Waals surface area (Å²) in [6.07, 6.45) is -0.646. The molecule has 86 valence electrons. The molecule has 0 aromatic heterocycles. The Labute approximate surface area is 89.3 Å². The predicted octanol–water partition coefficient (Wildman–Crippen LogP) is -0.0567. The fourth-order valence-electron chi connectivity index (χ4n) is 1.08. The van der Waals surface area contributed by atoms with Crippen LogP contribution >= 0.6 is 0 Å². The van der Waals surface area contributed by atoms with E-state index in [4.69, 9.17) is 4.74 Å². The number of rotatable bonds is 6. The summed E-state index contributed by atoms with van der Waals surface area (Å²) in [6.45, 7) is 6.97. The highest BCUT2D eigenvalue weighted by molar-refractivity contribution is 5.79. The van der Waals surface area contributed by atoms with E-state index in [2.05, 4.69) is 6.58 Å². The number of aliphatic hydroxyl groups is 1. The van der Waals surface area contributed by atoms with Gasteiger partial charge in [0.25, 0.3) is 0 Å². The smallest absolute Gasteiger partial charge is 0.331 e. The van der Waals surface area contributed by atoms with Crippen LogP contribution in [0.2, 0.25) is 0 Å². The van der Waals surface area contributed by atoms with E-state index in [1.807, 2.05) is 0 Å². The Bertz CT molecular complexity index is 252. The van der Waals surface area contributed by atoms with Crippen LogP contribution in [0.1, 0.15) is 13.8 Å². The van der Waals surface area contributed by atoms with Crippen molar-refractivity contribution in [1.29, 1.82) is 0 Å². The van der Waals surface area contributed by atoms with Gasteiger partial charge >= 0.3 is 5.97 Å². The second-order valence-corrected chi connectivity index (χ2v) is 3.26. The van der Waals surface area contributed by atoms with Crippen molar-refractivity contribution in [3.05, 3.63) is 12.2 Å². The summed E-state index contributed by atoms with van der Waals surface area (Å²) in [7, 11) is 1.40. The van der Waals surface area contributed by atoms with Crippen molar-refractivity contribution in [2.75, 3.05) is 13.7 Å². The highest BCUT2D eigenvalue weighted by Crippen LogP contribution is 2.10. The van der Waals surface area contributed by atoms with Crippen molar-refractivity contribution in [3.63, 3.8) is 0 Å². The number of hydrogen-bond acceptors (Lipinski definition) is 4. The topological polar surface area (TPSA) is 66.8 Å². The van der Waals surface area contributed by atoms with Crippen molar-refractivity contribution in [2.24, 2.45) is 0 Å². The number of ether oxygens (including phenoxy) is 1. The van der Waals surface area contributed by atoms with E-state index in [-0.39, 0.29) is 6.61 Å².